The lowest BCUT2D eigenvalue weighted by Crippen LogP contribution is -2.14. The van der Waals surface area contributed by atoms with Crippen LogP contribution in [0.3, 0.4) is 0 Å². The molecule has 0 unspecified atom stereocenters. The van der Waals surface area contributed by atoms with Gasteiger partial charge in [-0.05, 0) is 54.1 Å². The molecule has 1 heterocycles. The topological polar surface area (TPSA) is 97.4 Å². The van der Waals surface area contributed by atoms with Crippen LogP contribution in [0.5, 0.6) is 5.75 Å². The number of aromatic nitrogens is 1. The first-order valence-corrected chi connectivity index (χ1v) is 13.9. The third kappa shape index (κ3) is 5.59. The molecule has 1 amide bonds. The van der Waals surface area contributed by atoms with Crippen LogP contribution in [0.1, 0.15) is 10.4 Å². The third-order valence-corrected chi connectivity index (χ3v) is 8.12. The molecule has 9 heteroatoms. The van der Waals surface area contributed by atoms with Crippen molar-refractivity contribution in [3.8, 4) is 27.4 Å². The Bertz CT molecular complexity index is 1590. The maximum atomic E-state index is 13.0. The van der Waals surface area contributed by atoms with E-state index in [1.807, 2.05) is 60.7 Å². The van der Waals surface area contributed by atoms with E-state index in [-0.39, 0.29) is 10.8 Å². The van der Waals surface area contributed by atoms with Gasteiger partial charge in [-0.2, -0.15) is 0 Å². The maximum Gasteiger partial charge on any atom is 0.261 e. The Hall–Kier alpha value is -4.47. The van der Waals surface area contributed by atoms with Crippen LogP contribution in [0.15, 0.2) is 114 Å². The van der Waals surface area contributed by atoms with E-state index in [0.717, 1.165) is 21.7 Å². The monoisotopic (exact) mass is 541 g/mol. The number of ether oxygens (including phenoxy) is 1. The van der Waals surface area contributed by atoms with Crippen molar-refractivity contribution in [1.29, 1.82) is 0 Å². The fourth-order valence-corrected chi connectivity index (χ4v) is 5.83. The number of carbonyl (C=O) groups is 1. The molecule has 0 aliphatic rings. The van der Waals surface area contributed by atoms with Gasteiger partial charge in [0.25, 0.3) is 15.9 Å². The maximum absolute atomic E-state index is 13.0. The van der Waals surface area contributed by atoms with Crippen molar-refractivity contribution in [1.82, 2.24) is 4.98 Å². The molecule has 7 nitrogen and oxygen atoms in total. The Morgan fingerprint density at radius 2 is 1.39 bits per heavy atom. The third-order valence-electron chi connectivity index (χ3n) is 5.70. The number of anilines is 2. The van der Waals surface area contributed by atoms with E-state index < -0.39 is 10.0 Å². The van der Waals surface area contributed by atoms with Crippen LogP contribution < -0.4 is 14.8 Å². The van der Waals surface area contributed by atoms with Crippen molar-refractivity contribution in [2.45, 2.75) is 4.90 Å². The van der Waals surface area contributed by atoms with Gasteiger partial charge in [0.2, 0.25) is 0 Å². The van der Waals surface area contributed by atoms with E-state index in [2.05, 4.69) is 10.0 Å². The van der Waals surface area contributed by atoms with Crippen LogP contribution in [-0.4, -0.2) is 26.4 Å². The molecule has 1 aromatic heterocycles. The minimum Gasteiger partial charge on any atom is -0.497 e. The highest BCUT2D eigenvalue weighted by atomic mass is 32.2. The number of nitrogens with zero attached hydrogens (tertiary/aromatic N) is 1. The molecular formula is C29H23N3O4S2. The summed E-state index contributed by atoms with van der Waals surface area (Å²) < 4.78 is 33.0. The molecule has 2 N–H and O–H groups in total. The Morgan fingerprint density at radius 1 is 0.789 bits per heavy atom. The molecule has 0 atom stereocenters. The van der Waals surface area contributed by atoms with Crippen LogP contribution in [0.4, 0.5) is 10.8 Å². The smallest absolute Gasteiger partial charge is 0.261 e. The fraction of sp³-hybridized carbons (Fsp3) is 0.0345. The largest absolute Gasteiger partial charge is 0.497 e. The fourth-order valence-electron chi connectivity index (χ4n) is 3.78. The standard InChI is InChI=1S/C29H23N3O4S2/c1-36-24-16-18-25(19-17-24)38(34,35)32-23-14-12-22(13-15-23)28(33)31-29-30-26(20-8-4-2-5-9-20)27(37-29)21-10-6-3-7-11-21/h2-19,32H,1H3,(H,30,31,33). The lowest BCUT2D eigenvalue weighted by Gasteiger charge is -2.09. The number of hydrogen-bond donors (Lipinski definition) is 2. The summed E-state index contributed by atoms with van der Waals surface area (Å²) in [6.07, 6.45) is 0. The van der Waals surface area contributed by atoms with Crippen molar-refractivity contribution in [2.75, 3.05) is 17.1 Å². The molecule has 38 heavy (non-hydrogen) atoms. The van der Waals surface area contributed by atoms with Crippen LogP contribution in [0, 0.1) is 0 Å². The summed E-state index contributed by atoms with van der Waals surface area (Å²) in [6, 6.07) is 32.0. The minimum absolute atomic E-state index is 0.104. The summed E-state index contributed by atoms with van der Waals surface area (Å²) in [5, 5.41) is 3.35. The van der Waals surface area contributed by atoms with Gasteiger partial charge >= 0.3 is 0 Å². The van der Waals surface area contributed by atoms with E-state index in [4.69, 9.17) is 9.72 Å². The molecule has 0 aliphatic heterocycles. The van der Waals surface area contributed by atoms with Crippen molar-refractivity contribution >= 4 is 38.1 Å². The molecule has 5 rings (SSSR count). The Morgan fingerprint density at radius 3 is 2.00 bits per heavy atom. The van der Waals surface area contributed by atoms with Crippen molar-refractivity contribution < 1.29 is 17.9 Å². The first-order valence-electron chi connectivity index (χ1n) is 11.6. The minimum atomic E-state index is -3.79. The predicted octanol–water partition coefficient (Wildman–Crippen LogP) is 6.54. The van der Waals surface area contributed by atoms with Gasteiger partial charge in [-0.15, -0.1) is 0 Å². The van der Waals surface area contributed by atoms with Gasteiger partial charge in [-0.1, -0.05) is 72.0 Å². The SMILES string of the molecule is COc1ccc(S(=O)(=O)Nc2ccc(C(=O)Nc3nc(-c4ccccc4)c(-c4ccccc4)s3)cc2)cc1. The molecule has 0 spiro atoms. The van der Waals surface area contributed by atoms with Crippen LogP contribution in [0.2, 0.25) is 0 Å². The summed E-state index contributed by atoms with van der Waals surface area (Å²) in [4.78, 5) is 18.8. The molecule has 5 aromatic rings. The van der Waals surface area contributed by atoms with E-state index >= 15 is 0 Å². The molecule has 0 saturated heterocycles. The molecule has 4 aromatic carbocycles. The molecular weight excluding hydrogens is 518 g/mol. The zero-order chi connectivity index (χ0) is 26.5. The molecule has 0 aliphatic carbocycles. The van der Waals surface area contributed by atoms with Gasteiger partial charge in [0.15, 0.2) is 5.13 Å². The van der Waals surface area contributed by atoms with E-state index in [1.165, 1.54) is 30.6 Å². The molecule has 0 radical (unpaired) electrons. The number of hydrogen-bond acceptors (Lipinski definition) is 6. The quantitative estimate of drug-likeness (QED) is 0.233. The number of rotatable bonds is 8. The normalized spacial score (nSPS) is 11.1. The lowest BCUT2D eigenvalue weighted by atomic mass is 10.1. The van der Waals surface area contributed by atoms with Crippen LogP contribution in [-0.2, 0) is 10.0 Å². The van der Waals surface area contributed by atoms with E-state index in [1.54, 1.807) is 36.4 Å². The molecule has 0 fully saturated rings. The zero-order valence-electron chi connectivity index (χ0n) is 20.3. The first kappa shape index (κ1) is 25.2. The number of methoxy groups -OCH3 is 1. The Balaban J connectivity index is 1.33. The van der Waals surface area contributed by atoms with E-state index in [0.29, 0.717) is 22.1 Å². The molecule has 0 bridgehead atoms. The summed E-state index contributed by atoms with van der Waals surface area (Å²) in [7, 11) is -2.28. The van der Waals surface area contributed by atoms with Crippen LogP contribution >= 0.6 is 11.3 Å². The second-order valence-electron chi connectivity index (χ2n) is 8.24. The van der Waals surface area contributed by atoms with Crippen molar-refractivity contribution in [3.05, 3.63) is 115 Å². The number of amides is 1. The first-order chi connectivity index (χ1) is 18.4. The molecule has 0 saturated carbocycles. The van der Waals surface area contributed by atoms with Crippen molar-refractivity contribution in [3.63, 3.8) is 0 Å². The Labute approximate surface area is 224 Å². The number of benzene rings is 4. The highest BCUT2D eigenvalue weighted by Crippen LogP contribution is 2.39. The predicted molar refractivity (Wildman–Crippen MR) is 151 cm³/mol. The van der Waals surface area contributed by atoms with Gasteiger partial charge in [0.05, 0.1) is 22.6 Å². The number of thiazole rings is 1. The molecule has 190 valence electrons. The highest BCUT2D eigenvalue weighted by Gasteiger charge is 2.18. The second-order valence-corrected chi connectivity index (χ2v) is 10.9. The lowest BCUT2D eigenvalue weighted by molar-refractivity contribution is 0.102. The zero-order valence-corrected chi connectivity index (χ0v) is 21.9. The van der Waals surface area contributed by atoms with Crippen molar-refractivity contribution in [2.24, 2.45) is 0 Å². The van der Waals surface area contributed by atoms with Gasteiger partial charge in [-0.25, -0.2) is 13.4 Å². The average Bonchev–Trinajstić information content (AvgIpc) is 3.38. The summed E-state index contributed by atoms with van der Waals surface area (Å²) >= 11 is 1.40. The van der Waals surface area contributed by atoms with E-state index in [9.17, 15) is 13.2 Å². The van der Waals surface area contributed by atoms with Crippen LogP contribution in [0.25, 0.3) is 21.7 Å². The number of nitrogens with one attached hydrogen (secondary N) is 2. The average molecular weight is 542 g/mol. The van der Waals surface area contributed by atoms with Gasteiger partial charge in [0, 0.05) is 16.8 Å². The van der Waals surface area contributed by atoms with Gasteiger partial charge in [-0.3, -0.25) is 14.8 Å². The Kier molecular flexibility index (Phi) is 7.21. The van der Waals surface area contributed by atoms with Gasteiger partial charge in [0.1, 0.15) is 5.75 Å². The number of sulfonamides is 1. The summed E-state index contributed by atoms with van der Waals surface area (Å²) in [5.74, 6) is 0.217. The second kappa shape index (κ2) is 10.9. The number of carbonyl (C=O) groups excluding carboxylic acids is 1. The summed E-state index contributed by atoms with van der Waals surface area (Å²) in [6.45, 7) is 0. The highest BCUT2D eigenvalue weighted by molar-refractivity contribution is 7.92. The summed E-state index contributed by atoms with van der Waals surface area (Å²) in [5.41, 5.74) is 3.47. The van der Waals surface area contributed by atoms with Gasteiger partial charge < -0.3 is 4.74 Å².